The van der Waals surface area contributed by atoms with Crippen molar-refractivity contribution in [3.8, 4) is 0 Å². The fourth-order valence-electron chi connectivity index (χ4n) is 4.82. The van der Waals surface area contributed by atoms with E-state index in [1.165, 1.54) is 29.2 Å². The molecular weight excluding hydrogens is 524 g/mol. The first-order valence-electron chi connectivity index (χ1n) is 11.7. The van der Waals surface area contributed by atoms with Gasteiger partial charge >= 0.3 is 5.97 Å². The van der Waals surface area contributed by atoms with E-state index in [9.17, 15) is 38.0 Å². The van der Waals surface area contributed by atoms with E-state index in [1.54, 1.807) is 11.4 Å². The summed E-state index contributed by atoms with van der Waals surface area (Å²) in [7, 11) is -4.13. The molecule has 2 heterocycles. The lowest BCUT2D eigenvalue weighted by molar-refractivity contribution is -0.384. The molecule has 1 saturated carbocycles. The number of rotatable bonds is 9. The minimum atomic E-state index is -4.13. The maximum absolute atomic E-state index is 13.7. The standard InChI is InChI=1S/C23H26N4O8S2/c28-19(29)14-18(16-7-3-8-17(13-16)27(32)33)24-21(30)22-25(23(31)15-5-1-2-6-15)10-11-26(22)37(34,35)20-9-4-12-36-20/h3-4,7-9,12-13,15,18,22H,1-2,5-6,10-11,14H2,(H,24,30)(H,28,29). The highest BCUT2D eigenvalue weighted by molar-refractivity contribution is 7.91. The maximum atomic E-state index is 13.7. The van der Waals surface area contributed by atoms with Crippen LogP contribution in [0.25, 0.3) is 0 Å². The second kappa shape index (κ2) is 10.9. The number of carboxylic acid groups (broad SMARTS) is 1. The second-order valence-corrected chi connectivity index (χ2v) is 12.0. The zero-order valence-corrected chi connectivity index (χ0v) is 21.3. The van der Waals surface area contributed by atoms with Crippen LogP contribution in [0.3, 0.4) is 0 Å². The van der Waals surface area contributed by atoms with Crippen molar-refractivity contribution in [3.63, 3.8) is 0 Å². The van der Waals surface area contributed by atoms with E-state index in [4.69, 9.17) is 0 Å². The molecule has 198 valence electrons. The summed E-state index contributed by atoms with van der Waals surface area (Å²) >= 11 is 0.983. The van der Waals surface area contributed by atoms with Crippen molar-refractivity contribution in [1.82, 2.24) is 14.5 Å². The monoisotopic (exact) mass is 550 g/mol. The Bertz CT molecular complexity index is 1290. The molecule has 2 amide bonds. The van der Waals surface area contributed by atoms with Crippen molar-refractivity contribution in [3.05, 3.63) is 57.5 Å². The van der Waals surface area contributed by atoms with Crippen LogP contribution in [0.15, 0.2) is 46.0 Å². The smallest absolute Gasteiger partial charge is 0.305 e. The Balaban J connectivity index is 1.68. The molecule has 12 nitrogen and oxygen atoms in total. The zero-order chi connectivity index (χ0) is 26.7. The first-order valence-corrected chi connectivity index (χ1v) is 14.0. The minimum absolute atomic E-state index is 0.0123. The van der Waals surface area contributed by atoms with Gasteiger partial charge in [0.05, 0.1) is 17.4 Å². The van der Waals surface area contributed by atoms with Gasteiger partial charge in [0.25, 0.3) is 21.6 Å². The lowest BCUT2D eigenvalue weighted by Crippen LogP contribution is -2.55. The molecule has 2 unspecified atom stereocenters. The van der Waals surface area contributed by atoms with Gasteiger partial charge in [-0.3, -0.25) is 24.5 Å². The average molecular weight is 551 g/mol. The Morgan fingerprint density at radius 2 is 1.89 bits per heavy atom. The minimum Gasteiger partial charge on any atom is -0.481 e. The first kappa shape index (κ1) is 26.7. The number of thiophene rings is 1. The lowest BCUT2D eigenvalue weighted by Gasteiger charge is -2.31. The Labute approximate surface area is 217 Å². The van der Waals surface area contributed by atoms with Crippen LogP contribution in [0.4, 0.5) is 5.69 Å². The Morgan fingerprint density at radius 1 is 1.16 bits per heavy atom. The van der Waals surface area contributed by atoms with Crippen LogP contribution >= 0.6 is 11.3 Å². The summed E-state index contributed by atoms with van der Waals surface area (Å²) in [6.45, 7) is -0.0877. The number of hydrogen-bond donors (Lipinski definition) is 2. The molecule has 0 spiro atoms. The summed E-state index contributed by atoms with van der Waals surface area (Å²) < 4.78 is 27.8. The summed E-state index contributed by atoms with van der Waals surface area (Å²) in [5.74, 6) is -2.77. The Hall–Kier alpha value is -3.36. The highest BCUT2D eigenvalue weighted by Crippen LogP contribution is 2.33. The molecular formula is C23H26N4O8S2. The molecule has 37 heavy (non-hydrogen) atoms. The van der Waals surface area contributed by atoms with E-state index in [2.05, 4.69) is 5.32 Å². The Morgan fingerprint density at radius 3 is 2.51 bits per heavy atom. The molecule has 1 aliphatic carbocycles. The summed E-state index contributed by atoms with van der Waals surface area (Å²) in [5, 5.41) is 24.8. The van der Waals surface area contributed by atoms with Gasteiger partial charge in [-0.25, -0.2) is 8.42 Å². The van der Waals surface area contributed by atoms with Crippen LogP contribution in [0.1, 0.15) is 43.7 Å². The zero-order valence-electron chi connectivity index (χ0n) is 19.7. The number of non-ortho nitro benzene ring substituents is 1. The highest BCUT2D eigenvalue weighted by atomic mass is 32.2. The van der Waals surface area contributed by atoms with E-state index >= 15 is 0 Å². The van der Waals surface area contributed by atoms with Crippen LogP contribution in [-0.2, 0) is 24.4 Å². The SMILES string of the molecule is O=C(O)CC(NC(=O)C1N(C(=O)C2CCCC2)CCN1S(=O)(=O)c1cccs1)c1cccc([N+](=O)[O-])c1. The number of aliphatic carboxylic acids is 1. The van der Waals surface area contributed by atoms with E-state index in [-0.39, 0.29) is 40.4 Å². The van der Waals surface area contributed by atoms with Crippen LogP contribution in [0.2, 0.25) is 0 Å². The molecule has 1 aromatic carbocycles. The van der Waals surface area contributed by atoms with Gasteiger partial charge in [-0.2, -0.15) is 4.31 Å². The largest absolute Gasteiger partial charge is 0.481 e. The number of carboxylic acids is 1. The molecule has 2 atom stereocenters. The highest BCUT2D eigenvalue weighted by Gasteiger charge is 2.48. The third kappa shape index (κ3) is 5.65. The molecule has 1 aromatic heterocycles. The molecule has 2 aliphatic rings. The number of amides is 2. The molecule has 2 fully saturated rings. The number of carbonyl (C=O) groups is 3. The molecule has 2 N–H and O–H groups in total. The molecule has 0 bridgehead atoms. The normalized spacial score (nSPS) is 19.6. The summed E-state index contributed by atoms with van der Waals surface area (Å²) in [4.78, 5) is 50.4. The second-order valence-electron chi connectivity index (χ2n) is 8.95. The molecule has 0 radical (unpaired) electrons. The number of nitrogens with zero attached hydrogens (tertiary/aromatic N) is 3. The van der Waals surface area contributed by atoms with Crippen molar-refractivity contribution in [2.75, 3.05) is 13.1 Å². The molecule has 1 saturated heterocycles. The van der Waals surface area contributed by atoms with Gasteiger partial charge in [0, 0.05) is 31.1 Å². The fourth-order valence-corrected chi connectivity index (χ4v) is 7.49. The third-order valence-corrected chi connectivity index (χ3v) is 9.81. The van der Waals surface area contributed by atoms with Gasteiger partial charge in [0.2, 0.25) is 5.91 Å². The molecule has 14 heteroatoms. The predicted molar refractivity (Wildman–Crippen MR) is 132 cm³/mol. The van der Waals surface area contributed by atoms with E-state index in [1.807, 2.05) is 0 Å². The summed E-state index contributed by atoms with van der Waals surface area (Å²) in [5.41, 5.74) is -0.118. The lowest BCUT2D eigenvalue weighted by atomic mass is 10.0. The first-order chi connectivity index (χ1) is 17.6. The van der Waals surface area contributed by atoms with E-state index in [0.29, 0.717) is 12.8 Å². The summed E-state index contributed by atoms with van der Waals surface area (Å²) in [6.07, 6.45) is 0.911. The topological polar surface area (TPSA) is 167 Å². The predicted octanol–water partition coefficient (Wildman–Crippen LogP) is 2.34. The van der Waals surface area contributed by atoms with Crippen molar-refractivity contribution < 1.29 is 32.8 Å². The molecule has 1 aliphatic heterocycles. The van der Waals surface area contributed by atoms with Gasteiger partial charge in [-0.05, 0) is 29.9 Å². The van der Waals surface area contributed by atoms with E-state index in [0.717, 1.165) is 34.6 Å². The van der Waals surface area contributed by atoms with Gasteiger partial charge in [-0.1, -0.05) is 31.0 Å². The van der Waals surface area contributed by atoms with Crippen molar-refractivity contribution >= 4 is 44.8 Å². The van der Waals surface area contributed by atoms with Crippen molar-refractivity contribution in [2.24, 2.45) is 5.92 Å². The van der Waals surface area contributed by atoms with E-state index < -0.39 is 45.5 Å². The maximum Gasteiger partial charge on any atom is 0.305 e. The average Bonchev–Trinajstić information content (AvgIpc) is 3.64. The van der Waals surface area contributed by atoms with Gasteiger partial charge < -0.3 is 15.3 Å². The number of nitrogens with one attached hydrogen (secondary N) is 1. The fraction of sp³-hybridized carbons (Fsp3) is 0.435. The van der Waals surface area contributed by atoms with Gasteiger partial charge in [0.1, 0.15) is 4.21 Å². The van der Waals surface area contributed by atoms with Crippen molar-refractivity contribution in [1.29, 1.82) is 0 Å². The van der Waals surface area contributed by atoms with Gasteiger partial charge in [0.15, 0.2) is 6.17 Å². The molecule has 4 rings (SSSR count). The number of carbonyl (C=O) groups excluding carboxylic acids is 2. The number of nitro benzene ring substituents is 1. The third-order valence-electron chi connectivity index (χ3n) is 6.59. The Kier molecular flexibility index (Phi) is 7.90. The van der Waals surface area contributed by atoms with Crippen molar-refractivity contribution in [2.45, 2.75) is 48.5 Å². The van der Waals surface area contributed by atoms with Gasteiger partial charge in [-0.15, -0.1) is 11.3 Å². The van der Waals surface area contributed by atoms with Crippen LogP contribution in [-0.4, -0.2) is 64.7 Å². The number of hydrogen-bond acceptors (Lipinski definition) is 8. The van der Waals surface area contributed by atoms with Crippen LogP contribution < -0.4 is 5.32 Å². The molecule has 2 aromatic rings. The number of sulfonamides is 1. The van der Waals surface area contributed by atoms with Crippen LogP contribution in [0, 0.1) is 16.0 Å². The summed E-state index contributed by atoms with van der Waals surface area (Å²) in [6, 6.07) is 6.98. The number of nitro groups is 1. The van der Waals surface area contributed by atoms with Crippen LogP contribution in [0.5, 0.6) is 0 Å². The number of benzene rings is 1. The quantitative estimate of drug-likeness (QED) is 0.354.